The van der Waals surface area contributed by atoms with Gasteiger partial charge in [0, 0.05) is 37.5 Å². The maximum absolute atomic E-state index is 13.7. The van der Waals surface area contributed by atoms with Gasteiger partial charge in [-0.3, -0.25) is 0 Å². The molecule has 2 rings (SSSR count). The molecule has 1 aromatic heterocycles. The van der Waals surface area contributed by atoms with Gasteiger partial charge in [-0.1, -0.05) is 18.2 Å². The molecule has 3 nitrogen and oxygen atoms in total. The molecule has 2 aromatic rings. The van der Waals surface area contributed by atoms with Crippen LogP contribution >= 0.6 is 0 Å². The molecule has 0 unspecified atom stereocenters. The van der Waals surface area contributed by atoms with Crippen molar-refractivity contribution in [2.75, 3.05) is 11.9 Å². The molecule has 0 atom stereocenters. The van der Waals surface area contributed by atoms with Crippen molar-refractivity contribution >= 4 is 5.82 Å². The van der Waals surface area contributed by atoms with Crippen LogP contribution in [0.1, 0.15) is 16.7 Å². The van der Waals surface area contributed by atoms with E-state index in [2.05, 4.69) is 4.98 Å². The first-order valence-electron chi connectivity index (χ1n) is 6.22. The van der Waals surface area contributed by atoms with Crippen molar-refractivity contribution in [1.29, 1.82) is 0 Å². The summed E-state index contributed by atoms with van der Waals surface area (Å²) >= 11 is 0. The predicted molar refractivity (Wildman–Crippen MR) is 75.4 cm³/mol. The summed E-state index contributed by atoms with van der Waals surface area (Å²) in [4.78, 5) is 6.28. The van der Waals surface area contributed by atoms with Crippen LogP contribution in [0.4, 0.5) is 10.2 Å². The van der Waals surface area contributed by atoms with Crippen LogP contribution in [0, 0.1) is 12.7 Å². The third-order valence-corrected chi connectivity index (χ3v) is 3.20. The highest BCUT2D eigenvalue weighted by Gasteiger charge is 2.12. The van der Waals surface area contributed by atoms with Gasteiger partial charge < -0.3 is 10.6 Å². The zero-order valence-electron chi connectivity index (χ0n) is 11.2. The maximum atomic E-state index is 13.7. The summed E-state index contributed by atoms with van der Waals surface area (Å²) in [5, 5.41) is 0. The topological polar surface area (TPSA) is 42.2 Å². The van der Waals surface area contributed by atoms with E-state index in [1.54, 1.807) is 18.3 Å². The summed E-state index contributed by atoms with van der Waals surface area (Å²) in [5.41, 5.74) is 8.53. The Morgan fingerprint density at radius 2 is 2.00 bits per heavy atom. The Labute approximate surface area is 112 Å². The minimum atomic E-state index is -0.198. The van der Waals surface area contributed by atoms with Crippen molar-refractivity contribution in [3.63, 3.8) is 0 Å². The molecule has 19 heavy (non-hydrogen) atoms. The summed E-state index contributed by atoms with van der Waals surface area (Å²) < 4.78 is 13.7. The van der Waals surface area contributed by atoms with Crippen LogP contribution in [0.2, 0.25) is 0 Å². The van der Waals surface area contributed by atoms with Gasteiger partial charge in [-0.25, -0.2) is 9.37 Å². The second-order valence-electron chi connectivity index (χ2n) is 4.58. The lowest BCUT2D eigenvalue weighted by atomic mass is 10.1. The number of benzene rings is 1. The Morgan fingerprint density at radius 1 is 1.26 bits per heavy atom. The van der Waals surface area contributed by atoms with Gasteiger partial charge in [0.1, 0.15) is 11.6 Å². The summed E-state index contributed by atoms with van der Waals surface area (Å²) in [6.45, 7) is 2.90. The fraction of sp³-hybridized carbons (Fsp3) is 0.267. The Hall–Kier alpha value is -1.94. The number of nitrogens with two attached hydrogens (primary N) is 1. The van der Waals surface area contributed by atoms with Crippen LogP contribution in [0.25, 0.3) is 0 Å². The van der Waals surface area contributed by atoms with E-state index in [1.165, 1.54) is 6.07 Å². The van der Waals surface area contributed by atoms with Gasteiger partial charge in [0.05, 0.1) is 0 Å². The van der Waals surface area contributed by atoms with Crippen LogP contribution in [0.15, 0.2) is 36.5 Å². The average Bonchev–Trinajstić information content (AvgIpc) is 2.41. The maximum Gasteiger partial charge on any atom is 0.133 e. The van der Waals surface area contributed by atoms with Gasteiger partial charge in [0.25, 0.3) is 0 Å². The lowest BCUT2D eigenvalue weighted by Gasteiger charge is -2.22. The lowest BCUT2D eigenvalue weighted by Crippen LogP contribution is -2.21. The van der Waals surface area contributed by atoms with Crippen LogP contribution < -0.4 is 10.6 Å². The molecule has 2 N–H and O–H groups in total. The molecule has 4 heteroatoms. The van der Waals surface area contributed by atoms with E-state index >= 15 is 0 Å². The Kier molecular flexibility index (Phi) is 4.12. The van der Waals surface area contributed by atoms with Crippen molar-refractivity contribution in [2.24, 2.45) is 5.73 Å². The normalized spacial score (nSPS) is 10.5. The molecular formula is C15H18FN3. The third kappa shape index (κ3) is 2.90. The number of aromatic nitrogens is 1. The molecule has 100 valence electrons. The standard InChI is InChI=1S/C15H18FN3/c1-11-7-8-18-15(13(11)9-17)19(2)10-12-5-3-4-6-14(12)16/h3-8H,9-10,17H2,1-2H3. The molecule has 0 spiro atoms. The van der Waals surface area contributed by atoms with Crippen molar-refractivity contribution in [2.45, 2.75) is 20.0 Å². The molecule has 0 aliphatic heterocycles. The first kappa shape index (κ1) is 13.5. The molecule has 0 saturated carbocycles. The quantitative estimate of drug-likeness (QED) is 0.917. The molecule has 1 aromatic carbocycles. The van der Waals surface area contributed by atoms with Crippen LogP contribution in [0.3, 0.4) is 0 Å². The van der Waals surface area contributed by atoms with Crippen molar-refractivity contribution < 1.29 is 4.39 Å². The number of hydrogen-bond acceptors (Lipinski definition) is 3. The van der Waals surface area contributed by atoms with Gasteiger partial charge in [0.2, 0.25) is 0 Å². The number of rotatable bonds is 4. The van der Waals surface area contributed by atoms with E-state index in [9.17, 15) is 4.39 Å². The second kappa shape index (κ2) is 5.80. The highest BCUT2D eigenvalue weighted by atomic mass is 19.1. The molecule has 0 amide bonds. The lowest BCUT2D eigenvalue weighted by molar-refractivity contribution is 0.607. The third-order valence-electron chi connectivity index (χ3n) is 3.20. The fourth-order valence-corrected chi connectivity index (χ4v) is 2.11. The Balaban J connectivity index is 2.28. The average molecular weight is 259 g/mol. The number of pyridine rings is 1. The van der Waals surface area contributed by atoms with Crippen molar-refractivity contribution in [3.8, 4) is 0 Å². The van der Waals surface area contributed by atoms with Crippen LogP contribution in [0.5, 0.6) is 0 Å². The monoisotopic (exact) mass is 259 g/mol. The van der Waals surface area contributed by atoms with Crippen LogP contribution in [-0.4, -0.2) is 12.0 Å². The highest BCUT2D eigenvalue weighted by molar-refractivity contribution is 5.50. The van der Waals surface area contributed by atoms with E-state index in [1.807, 2.05) is 31.0 Å². The van der Waals surface area contributed by atoms with Crippen LogP contribution in [-0.2, 0) is 13.1 Å². The Bertz CT molecular complexity index is 569. The molecule has 0 aliphatic rings. The minimum Gasteiger partial charge on any atom is -0.355 e. The number of hydrogen-bond donors (Lipinski definition) is 1. The Morgan fingerprint density at radius 3 is 2.68 bits per heavy atom. The summed E-state index contributed by atoms with van der Waals surface area (Å²) in [5.74, 6) is 0.613. The summed E-state index contributed by atoms with van der Waals surface area (Å²) in [6, 6.07) is 8.71. The van der Waals surface area contributed by atoms with Gasteiger partial charge in [0.15, 0.2) is 0 Å². The second-order valence-corrected chi connectivity index (χ2v) is 4.58. The molecular weight excluding hydrogens is 241 g/mol. The van der Waals surface area contributed by atoms with E-state index in [4.69, 9.17) is 5.73 Å². The van der Waals surface area contributed by atoms with E-state index in [-0.39, 0.29) is 5.82 Å². The molecule has 0 saturated heterocycles. The summed E-state index contributed by atoms with van der Waals surface area (Å²) in [7, 11) is 1.90. The molecule has 0 fully saturated rings. The summed E-state index contributed by atoms with van der Waals surface area (Å²) in [6.07, 6.45) is 1.75. The number of anilines is 1. The first-order chi connectivity index (χ1) is 9.13. The fourth-order valence-electron chi connectivity index (χ4n) is 2.11. The first-order valence-corrected chi connectivity index (χ1v) is 6.22. The SMILES string of the molecule is Cc1ccnc(N(C)Cc2ccccc2F)c1CN. The van der Waals surface area contributed by atoms with Gasteiger partial charge in [-0.05, 0) is 24.6 Å². The molecule has 0 bridgehead atoms. The number of halogens is 1. The smallest absolute Gasteiger partial charge is 0.133 e. The van der Waals surface area contributed by atoms with E-state index < -0.39 is 0 Å². The van der Waals surface area contributed by atoms with Gasteiger partial charge in [-0.2, -0.15) is 0 Å². The molecule has 1 heterocycles. The van der Waals surface area contributed by atoms with Gasteiger partial charge >= 0.3 is 0 Å². The van der Waals surface area contributed by atoms with E-state index in [0.717, 1.165) is 16.9 Å². The number of nitrogens with zero attached hydrogens (tertiary/aromatic N) is 2. The van der Waals surface area contributed by atoms with E-state index in [0.29, 0.717) is 18.7 Å². The zero-order chi connectivity index (χ0) is 13.8. The minimum absolute atomic E-state index is 0.198. The van der Waals surface area contributed by atoms with Crippen molar-refractivity contribution in [3.05, 3.63) is 59.0 Å². The predicted octanol–water partition coefficient (Wildman–Crippen LogP) is 2.62. The molecule has 0 radical (unpaired) electrons. The highest BCUT2D eigenvalue weighted by Crippen LogP contribution is 2.21. The number of aryl methyl sites for hydroxylation is 1. The van der Waals surface area contributed by atoms with Crippen molar-refractivity contribution in [1.82, 2.24) is 4.98 Å². The molecule has 0 aliphatic carbocycles. The largest absolute Gasteiger partial charge is 0.355 e. The van der Waals surface area contributed by atoms with Gasteiger partial charge in [-0.15, -0.1) is 0 Å². The zero-order valence-corrected chi connectivity index (χ0v) is 11.2.